The van der Waals surface area contributed by atoms with Crippen molar-refractivity contribution in [3.63, 3.8) is 0 Å². The van der Waals surface area contributed by atoms with Crippen LogP contribution in [0.5, 0.6) is 0 Å². The second-order valence-electron chi connectivity index (χ2n) is 23.8. The molecule has 0 spiro atoms. The van der Waals surface area contributed by atoms with Crippen molar-refractivity contribution in [3.05, 3.63) is 11.6 Å². The summed E-state index contributed by atoms with van der Waals surface area (Å²) in [7, 11) is 0. The first-order valence-corrected chi connectivity index (χ1v) is 25.2. The van der Waals surface area contributed by atoms with Crippen LogP contribution in [0.25, 0.3) is 0 Å². The van der Waals surface area contributed by atoms with E-state index in [2.05, 4.69) is 47.6 Å². The number of aliphatic hydroxyl groups is 11. The zero-order valence-corrected chi connectivity index (χ0v) is 41.4. The van der Waals surface area contributed by atoms with E-state index in [0.29, 0.717) is 19.3 Å². The Hall–Kier alpha value is -0.940. The van der Waals surface area contributed by atoms with Gasteiger partial charge in [-0.15, -0.1) is 0 Å². The van der Waals surface area contributed by atoms with Crippen molar-refractivity contribution in [1.29, 1.82) is 0 Å². The molecule has 3 saturated heterocycles. The Bertz CT molecular complexity index is 1700. The summed E-state index contributed by atoms with van der Waals surface area (Å²) in [5.41, 5.74) is -1.08. The molecule has 17 nitrogen and oxygen atoms in total. The lowest BCUT2D eigenvalue weighted by Crippen LogP contribution is -2.64. The molecule has 3 unspecified atom stereocenters. The van der Waals surface area contributed by atoms with Crippen LogP contribution in [0.4, 0.5) is 0 Å². The van der Waals surface area contributed by atoms with Crippen LogP contribution < -0.4 is 0 Å². The maximum atomic E-state index is 12.4. The fraction of sp³-hybridized carbons (Fsp3) is 0.960. The van der Waals surface area contributed by atoms with Crippen LogP contribution in [0.1, 0.15) is 121 Å². The zero-order chi connectivity index (χ0) is 49.5. The number of rotatable bonds is 14. The monoisotopic (exact) mass is 959 g/mol. The minimum Gasteiger partial charge on any atom is -0.394 e. The molecule has 6 fully saturated rings. The quantitative estimate of drug-likeness (QED) is 0.110. The van der Waals surface area contributed by atoms with Crippen LogP contribution in [0.2, 0.25) is 0 Å². The van der Waals surface area contributed by atoms with E-state index in [0.717, 1.165) is 32.1 Å². The topological polar surface area (TPSA) is 278 Å². The number of allylic oxidation sites excluding steroid dienone is 1. The first-order valence-electron chi connectivity index (χ1n) is 25.2. The predicted octanol–water partition coefficient (Wildman–Crippen LogP) is 1.49. The van der Waals surface area contributed by atoms with Crippen LogP contribution in [0.3, 0.4) is 0 Å². The van der Waals surface area contributed by atoms with Crippen LogP contribution >= 0.6 is 0 Å². The lowest BCUT2D eigenvalue weighted by atomic mass is 9.38. The van der Waals surface area contributed by atoms with Gasteiger partial charge in [-0.2, -0.15) is 0 Å². The molecular formula is C50H86O17. The Morgan fingerprint density at radius 1 is 0.701 bits per heavy atom. The lowest BCUT2D eigenvalue weighted by Gasteiger charge is -2.67. The lowest BCUT2D eigenvalue weighted by molar-refractivity contribution is -0.375. The first-order chi connectivity index (χ1) is 31.2. The molecule has 67 heavy (non-hydrogen) atoms. The van der Waals surface area contributed by atoms with Gasteiger partial charge in [-0.05, 0) is 99.7 Å². The van der Waals surface area contributed by atoms with Crippen molar-refractivity contribution >= 4 is 0 Å². The molecule has 0 aromatic heterocycles. The van der Waals surface area contributed by atoms with Gasteiger partial charge in [0.05, 0.1) is 62.0 Å². The van der Waals surface area contributed by atoms with Gasteiger partial charge in [0, 0.05) is 22.7 Å². The van der Waals surface area contributed by atoms with Gasteiger partial charge < -0.3 is 84.6 Å². The van der Waals surface area contributed by atoms with Crippen LogP contribution in [0.15, 0.2) is 11.6 Å². The van der Waals surface area contributed by atoms with Crippen molar-refractivity contribution in [2.45, 2.75) is 224 Å². The molecule has 0 aromatic rings. The Kier molecular flexibility index (Phi) is 15.9. The smallest absolute Gasteiger partial charge is 0.187 e. The summed E-state index contributed by atoms with van der Waals surface area (Å²) in [5, 5.41) is 120. The Labute approximate surface area is 396 Å². The van der Waals surface area contributed by atoms with Gasteiger partial charge in [-0.25, -0.2) is 0 Å². The Balaban J connectivity index is 1.10. The van der Waals surface area contributed by atoms with Crippen molar-refractivity contribution in [3.8, 4) is 0 Å². The highest BCUT2D eigenvalue weighted by Gasteiger charge is 2.70. The van der Waals surface area contributed by atoms with Crippen LogP contribution in [-0.2, 0) is 28.4 Å². The van der Waals surface area contributed by atoms with E-state index in [1.54, 1.807) is 27.7 Å². The van der Waals surface area contributed by atoms with Crippen molar-refractivity contribution in [1.82, 2.24) is 0 Å². The average Bonchev–Trinajstić information content (AvgIpc) is 3.54. The molecule has 0 bridgehead atoms. The van der Waals surface area contributed by atoms with E-state index in [-0.39, 0.29) is 51.9 Å². The Morgan fingerprint density at radius 2 is 1.33 bits per heavy atom. The third-order valence-electron chi connectivity index (χ3n) is 19.4. The Morgan fingerprint density at radius 3 is 1.97 bits per heavy atom. The maximum Gasteiger partial charge on any atom is 0.187 e. The van der Waals surface area contributed by atoms with E-state index in [9.17, 15) is 56.2 Å². The van der Waals surface area contributed by atoms with Gasteiger partial charge in [-0.3, -0.25) is 0 Å². The average molecular weight is 959 g/mol. The SMILES string of the molecule is C[C@@H]1[C@@H](O)[C@H](OC[C@H]2O[C@@H](O[C@H](CC[C@@H](C)C3CC[C@@]4(C)C5CC=C6C(CC[C@H](O)C6(C)C)[C@]5(C)[C@H](O)C[C@]34C)C(C)(C)O)[C@H](O[C@H]3O[C@@H](CO)[C@H](O)[C@@H](O)[C@@H]3O)[C@@H](O)[C@@H]2C)O[C@H](CO)[C@H]1O. The largest absolute Gasteiger partial charge is 0.394 e. The molecule has 0 radical (unpaired) electrons. The molecule has 4 aliphatic carbocycles. The molecule has 7 rings (SSSR count). The second-order valence-corrected chi connectivity index (χ2v) is 23.8. The first kappa shape index (κ1) is 53.8. The number of fused-ring (bicyclic) bond motifs is 5. The molecule has 388 valence electrons. The minimum atomic E-state index is -1.79. The van der Waals surface area contributed by atoms with Gasteiger partial charge in [0.25, 0.3) is 0 Å². The summed E-state index contributed by atoms with van der Waals surface area (Å²) in [6.07, 6.45) is -11.3. The van der Waals surface area contributed by atoms with Crippen LogP contribution in [0, 0.1) is 57.2 Å². The molecule has 7 aliphatic rings. The molecule has 0 aromatic carbocycles. The molecule has 3 aliphatic heterocycles. The molecule has 11 N–H and O–H groups in total. The van der Waals surface area contributed by atoms with Crippen molar-refractivity contribution < 1.29 is 84.6 Å². The van der Waals surface area contributed by atoms with Gasteiger partial charge in [-0.1, -0.05) is 67.0 Å². The van der Waals surface area contributed by atoms with Gasteiger partial charge in [0.15, 0.2) is 18.9 Å². The van der Waals surface area contributed by atoms with E-state index < -0.39 is 129 Å². The van der Waals surface area contributed by atoms with E-state index >= 15 is 0 Å². The molecule has 3 heterocycles. The van der Waals surface area contributed by atoms with E-state index in [4.69, 9.17) is 28.4 Å². The van der Waals surface area contributed by atoms with E-state index in [1.165, 1.54) is 5.57 Å². The molecule has 25 atom stereocenters. The van der Waals surface area contributed by atoms with Gasteiger partial charge in [0.1, 0.15) is 42.7 Å². The zero-order valence-electron chi connectivity index (χ0n) is 41.4. The maximum absolute atomic E-state index is 12.4. The summed E-state index contributed by atoms with van der Waals surface area (Å²) in [4.78, 5) is 0. The summed E-state index contributed by atoms with van der Waals surface area (Å²) in [5.74, 6) is -0.615. The summed E-state index contributed by atoms with van der Waals surface area (Å²) in [6, 6.07) is 0. The molecular weight excluding hydrogens is 873 g/mol. The minimum absolute atomic E-state index is 0.0569. The number of hydrogen-bond donors (Lipinski definition) is 11. The highest BCUT2D eigenvalue weighted by atomic mass is 16.8. The van der Waals surface area contributed by atoms with Crippen molar-refractivity contribution in [2.24, 2.45) is 57.2 Å². The number of hydrogen-bond acceptors (Lipinski definition) is 17. The summed E-state index contributed by atoms with van der Waals surface area (Å²) < 4.78 is 36.8. The second kappa shape index (κ2) is 19.8. The summed E-state index contributed by atoms with van der Waals surface area (Å²) in [6.45, 7) is 18.7. The molecule has 3 saturated carbocycles. The fourth-order valence-electron chi connectivity index (χ4n) is 14.5. The number of ether oxygens (including phenoxy) is 6. The molecule has 17 heteroatoms. The highest BCUT2D eigenvalue weighted by molar-refractivity contribution is 5.31. The fourth-order valence-corrected chi connectivity index (χ4v) is 14.5. The van der Waals surface area contributed by atoms with Gasteiger partial charge in [0.2, 0.25) is 0 Å². The number of aliphatic hydroxyl groups excluding tert-OH is 10. The highest BCUT2D eigenvalue weighted by Crippen LogP contribution is 2.75. The summed E-state index contributed by atoms with van der Waals surface area (Å²) >= 11 is 0. The van der Waals surface area contributed by atoms with Crippen LogP contribution in [-0.4, -0.2) is 180 Å². The molecule has 0 amide bonds. The third kappa shape index (κ3) is 9.27. The standard InChI is InChI=1S/C50H86O17/c1-23(26-17-18-48(8)32-14-12-27-28(13-15-33(53)46(27,4)5)50(32,10)34(54)19-49(26,48)9)11-16-35(47(6,7)61)66-45-42(67-44-41(60)40(59)39(58)30(21-52)64-44)37(56)24(2)31(65-45)22-62-43-38(57)25(3)36(55)29(20-51)63-43/h12,23-26,28-45,51-61H,11,13-22H2,1-10H3/t23-,24-,25+,26?,28?,29-,30+,31-,32?,33+,34-,35-,36+,37+,38-,39+,40-,41+,42-,43-,44-,45+,48+,49-,50+/m1/s1. The predicted molar refractivity (Wildman–Crippen MR) is 241 cm³/mol. The van der Waals surface area contributed by atoms with Gasteiger partial charge >= 0.3 is 0 Å². The van der Waals surface area contributed by atoms with Crippen molar-refractivity contribution in [2.75, 3.05) is 19.8 Å². The normalized spacial score (nSPS) is 51.0. The third-order valence-corrected chi connectivity index (χ3v) is 19.4. The van der Waals surface area contributed by atoms with E-state index in [1.807, 2.05) is 0 Å².